The quantitative estimate of drug-likeness (QED) is 0.762. The van der Waals surface area contributed by atoms with Crippen LogP contribution in [0.2, 0.25) is 0 Å². The second kappa shape index (κ2) is 8.30. The highest BCUT2D eigenvalue weighted by Gasteiger charge is 2.37. The van der Waals surface area contributed by atoms with Gasteiger partial charge in [-0.3, -0.25) is 4.79 Å². The van der Waals surface area contributed by atoms with Crippen LogP contribution >= 0.6 is 0 Å². The number of carbonyl (C=O) groups is 2. The maximum absolute atomic E-state index is 12.6. The van der Waals surface area contributed by atoms with Crippen LogP contribution in [0, 0.1) is 5.92 Å². The summed E-state index contributed by atoms with van der Waals surface area (Å²) in [4.78, 5) is 25.8. The molecule has 1 aliphatic heterocycles. The fourth-order valence-corrected chi connectivity index (χ4v) is 3.57. The number of allylic oxidation sites excluding steroid dienone is 1. The first-order valence-electron chi connectivity index (χ1n) is 9.03. The number of rotatable bonds is 5. The minimum Gasteiger partial charge on any atom is -0.446 e. The largest absolute Gasteiger partial charge is 0.446 e. The van der Waals surface area contributed by atoms with Gasteiger partial charge in [-0.05, 0) is 50.2 Å². The van der Waals surface area contributed by atoms with Crippen molar-refractivity contribution in [2.24, 2.45) is 5.92 Å². The SMILES string of the molecule is CCOC1CCC(C=CC(=O)N2C(=O)OCC2c2ccccc2)CC1. The number of hydrogen-bond donors (Lipinski definition) is 0. The Morgan fingerprint density at radius 2 is 1.96 bits per heavy atom. The van der Waals surface area contributed by atoms with Crippen LogP contribution in [0.3, 0.4) is 0 Å². The molecule has 1 aromatic rings. The zero-order valence-corrected chi connectivity index (χ0v) is 14.6. The molecule has 1 saturated carbocycles. The molecule has 1 heterocycles. The first-order chi connectivity index (χ1) is 12.2. The van der Waals surface area contributed by atoms with Crippen molar-refractivity contribution in [2.75, 3.05) is 13.2 Å². The molecule has 0 radical (unpaired) electrons. The molecule has 0 N–H and O–H groups in total. The molecule has 0 spiro atoms. The van der Waals surface area contributed by atoms with Gasteiger partial charge in [-0.2, -0.15) is 0 Å². The van der Waals surface area contributed by atoms with Gasteiger partial charge in [-0.15, -0.1) is 0 Å². The number of cyclic esters (lactones) is 1. The third-order valence-electron chi connectivity index (χ3n) is 4.93. The second-order valence-electron chi connectivity index (χ2n) is 6.56. The maximum atomic E-state index is 12.6. The molecule has 1 aliphatic carbocycles. The Morgan fingerprint density at radius 1 is 1.24 bits per heavy atom. The van der Waals surface area contributed by atoms with Gasteiger partial charge in [-0.25, -0.2) is 9.69 Å². The van der Waals surface area contributed by atoms with Gasteiger partial charge >= 0.3 is 6.09 Å². The lowest BCUT2D eigenvalue weighted by Gasteiger charge is -2.26. The van der Waals surface area contributed by atoms with Crippen molar-refractivity contribution in [1.29, 1.82) is 0 Å². The van der Waals surface area contributed by atoms with E-state index in [1.54, 1.807) is 0 Å². The van der Waals surface area contributed by atoms with Crippen LogP contribution in [0.15, 0.2) is 42.5 Å². The van der Waals surface area contributed by atoms with Crippen LogP contribution in [-0.4, -0.2) is 36.2 Å². The van der Waals surface area contributed by atoms with E-state index in [1.165, 1.54) is 11.0 Å². The molecule has 5 heteroatoms. The number of amides is 2. The molecule has 2 amide bonds. The molecular formula is C20H25NO4. The smallest absolute Gasteiger partial charge is 0.417 e. The maximum Gasteiger partial charge on any atom is 0.417 e. The first-order valence-corrected chi connectivity index (χ1v) is 9.03. The summed E-state index contributed by atoms with van der Waals surface area (Å²) in [5.41, 5.74) is 0.910. The molecule has 1 atom stereocenters. The molecule has 5 nitrogen and oxygen atoms in total. The van der Waals surface area contributed by atoms with Crippen LogP contribution < -0.4 is 0 Å². The van der Waals surface area contributed by atoms with Crippen LogP contribution in [0.25, 0.3) is 0 Å². The molecule has 1 saturated heterocycles. The average Bonchev–Trinajstić information content (AvgIpc) is 3.03. The molecule has 25 heavy (non-hydrogen) atoms. The molecule has 0 bridgehead atoms. The van der Waals surface area contributed by atoms with Crippen LogP contribution in [-0.2, 0) is 14.3 Å². The van der Waals surface area contributed by atoms with Gasteiger partial charge in [-0.1, -0.05) is 36.4 Å². The van der Waals surface area contributed by atoms with E-state index in [4.69, 9.17) is 9.47 Å². The lowest BCUT2D eigenvalue weighted by atomic mass is 9.87. The molecular weight excluding hydrogens is 318 g/mol. The van der Waals surface area contributed by atoms with Crippen molar-refractivity contribution in [1.82, 2.24) is 4.90 Å². The van der Waals surface area contributed by atoms with Crippen molar-refractivity contribution in [3.05, 3.63) is 48.0 Å². The lowest BCUT2D eigenvalue weighted by Crippen LogP contribution is -2.33. The summed E-state index contributed by atoms with van der Waals surface area (Å²) in [7, 11) is 0. The van der Waals surface area contributed by atoms with Crippen LogP contribution in [0.4, 0.5) is 4.79 Å². The zero-order valence-electron chi connectivity index (χ0n) is 14.6. The van der Waals surface area contributed by atoms with Gasteiger partial charge in [0.2, 0.25) is 0 Å². The minimum absolute atomic E-state index is 0.210. The number of hydrogen-bond acceptors (Lipinski definition) is 4. The van der Waals surface area contributed by atoms with E-state index in [0.29, 0.717) is 12.0 Å². The van der Waals surface area contributed by atoms with E-state index in [2.05, 4.69) is 0 Å². The van der Waals surface area contributed by atoms with Crippen molar-refractivity contribution in [3.8, 4) is 0 Å². The number of imide groups is 1. The number of nitrogens with zero attached hydrogens (tertiary/aromatic N) is 1. The van der Waals surface area contributed by atoms with Crippen molar-refractivity contribution >= 4 is 12.0 Å². The van der Waals surface area contributed by atoms with E-state index in [1.807, 2.05) is 43.3 Å². The van der Waals surface area contributed by atoms with E-state index >= 15 is 0 Å². The van der Waals surface area contributed by atoms with E-state index in [-0.39, 0.29) is 18.6 Å². The highest BCUT2D eigenvalue weighted by atomic mass is 16.6. The molecule has 2 fully saturated rings. The lowest BCUT2D eigenvalue weighted by molar-refractivity contribution is -0.124. The fraction of sp³-hybridized carbons (Fsp3) is 0.500. The predicted molar refractivity (Wildman–Crippen MR) is 93.9 cm³/mol. The summed E-state index contributed by atoms with van der Waals surface area (Å²) < 4.78 is 10.8. The van der Waals surface area contributed by atoms with Crippen molar-refractivity contribution < 1.29 is 19.1 Å². The second-order valence-corrected chi connectivity index (χ2v) is 6.56. The first kappa shape index (κ1) is 17.7. The summed E-state index contributed by atoms with van der Waals surface area (Å²) in [6.07, 6.45) is 7.34. The van der Waals surface area contributed by atoms with Gasteiger partial charge in [0.15, 0.2) is 0 Å². The van der Waals surface area contributed by atoms with E-state index < -0.39 is 6.09 Å². The summed E-state index contributed by atoms with van der Waals surface area (Å²) in [5.74, 6) is 0.0674. The molecule has 3 rings (SSSR count). The van der Waals surface area contributed by atoms with Gasteiger partial charge < -0.3 is 9.47 Å². The van der Waals surface area contributed by atoms with E-state index in [0.717, 1.165) is 37.9 Å². The predicted octanol–water partition coefficient (Wildman–Crippen LogP) is 3.86. The van der Waals surface area contributed by atoms with Gasteiger partial charge in [0, 0.05) is 6.61 Å². The Hall–Kier alpha value is -2.14. The Balaban J connectivity index is 1.61. The minimum atomic E-state index is -0.566. The monoisotopic (exact) mass is 343 g/mol. The zero-order chi connectivity index (χ0) is 17.6. The van der Waals surface area contributed by atoms with Gasteiger partial charge in [0.25, 0.3) is 5.91 Å². The molecule has 1 unspecified atom stereocenters. The number of benzene rings is 1. The van der Waals surface area contributed by atoms with Crippen LogP contribution in [0.1, 0.15) is 44.2 Å². The molecule has 134 valence electrons. The Kier molecular flexibility index (Phi) is 5.87. The summed E-state index contributed by atoms with van der Waals surface area (Å²) >= 11 is 0. The van der Waals surface area contributed by atoms with Crippen molar-refractivity contribution in [2.45, 2.75) is 44.8 Å². The number of carbonyl (C=O) groups excluding carboxylic acids is 2. The third kappa shape index (κ3) is 4.28. The summed E-state index contributed by atoms with van der Waals surface area (Å²) in [6.45, 7) is 2.98. The van der Waals surface area contributed by atoms with Gasteiger partial charge in [0.1, 0.15) is 12.6 Å². The fourth-order valence-electron chi connectivity index (χ4n) is 3.57. The highest BCUT2D eigenvalue weighted by Crippen LogP contribution is 2.29. The standard InChI is InChI=1S/C20H25NO4/c1-2-24-17-11-8-15(9-12-17)10-13-19(22)21-18(14-25-20(21)23)16-6-4-3-5-7-16/h3-7,10,13,15,17-18H,2,8-9,11-12,14H2,1H3. The Bertz CT molecular complexity index is 620. The van der Waals surface area contributed by atoms with Crippen molar-refractivity contribution in [3.63, 3.8) is 0 Å². The topological polar surface area (TPSA) is 55.8 Å². The average molecular weight is 343 g/mol. The molecule has 2 aliphatic rings. The summed E-state index contributed by atoms with van der Waals surface area (Å²) in [6, 6.07) is 9.17. The number of ether oxygens (including phenoxy) is 2. The highest BCUT2D eigenvalue weighted by molar-refractivity contribution is 5.99. The van der Waals surface area contributed by atoms with E-state index in [9.17, 15) is 9.59 Å². The van der Waals surface area contributed by atoms with Gasteiger partial charge in [0.05, 0.1) is 6.10 Å². The molecule has 1 aromatic carbocycles. The Morgan fingerprint density at radius 3 is 2.64 bits per heavy atom. The normalized spacial score (nSPS) is 26.8. The summed E-state index contributed by atoms with van der Waals surface area (Å²) in [5, 5.41) is 0. The third-order valence-corrected chi connectivity index (χ3v) is 4.93. The molecule has 0 aromatic heterocycles. The Labute approximate surface area is 148 Å². The van der Waals surface area contributed by atoms with Crippen LogP contribution in [0.5, 0.6) is 0 Å².